The Morgan fingerprint density at radius 2 is 1.96 bits per heavy atom. The summed E-state index contributed by atoms with van der Waals surface area (Å²) < 4.78 is 0. The van der Waals surface area contributed by atoms with E-state index in [1.807, 2.05) is 23.2 Å². The van der Waals surface area contributed by atoms with Gasteiger partial charge < -0.3 is 10.0 Å². The van der Waals surface area contributed by atoms with Crippen LogP contribution in [0.5, 0.6) is 0 Å². The number of carbonyl (C=O) groups is 2. The van der Waals surface area contributed by atoms with Gasteiger partial charge in [0.15, 0.2) is 0 Å². The molecule has 158 valence electrons. The molecule has 0 bridgehead atoms. The highest BCUT2D eigenvalue weighted by Crippen LogP contribution is 2.35. The number of carboxylic acids is 1. The van der Waals surface area contributed by atoms with Crippen molar-refractivity contribution in [2.75, 3.05) is 39.3 Å². The maximum Gasteiger partial charge on any atom is 0.317 e. The monoisotopic (exact) mass is 429 g/mol. The van der Waals surface area contributed by atoms with Gasteiger partial charge in [-0.05, 0) is 49.2 Å². The number of likely N-dealkylation sites (tertiary alicyclic amines) is 1. The Morgan fingerprint density at radius 3 is 2.57 bits per heavy atom. The zero-order valence-corrected chi connectivity index (χ0v) is 18.4. The summed E-state index contributed by atoms with van der Waals surface area (Å²) in [6.07, 6.45) is 3.79. The normalized spacial score (nSPS) is 20.7. The van der Waals surface area contributed by atoms with E-state index >= 15 is 0 Å². The molecule has 0 saturated carbocycles. The van der Waals surface area contributed by atoms with Gasteiger partial charge in [-0.1, -0.05) is 13.8 Å². The summed E-state index contributed by atoms with van der Waals surface area (Å²) in [7, 11) is 0. The third-order valence-corrected chi connectivity index (χ3v) is 6.98. The first-order chi connectivity index (χ1) is 13.0. The molecule has 28 heavy (non-hydrogen) atoms. The van der Waals surface area contributed by atoms with E-state index in [1.165, 1.54) is 10.4 Å². The number of amides is 1. The molecule has 3 heterocycles. The molecule has 1 aromatic heterocycles. The van der Waals surface area contributed by atoms with Gasteiger partial charge in [-0.25, -0.2) is 0 Å². The van der Waals surface area contributed by atoms with Gasteiger partial charge in [0.1, 0.15) is 0 Å². The molecular formula is C20H32ClN3O3S. The van der Waals surface area contributed by atoms with Crippen LogP contribution in [0.25, 0.3) is 0 Å². The summed E-state index contributed by atoms with van der Waals surface area (Å²) >= 11 is 1.81. The highest BCUT2D eigenvalue weighted by Gasteiger charge is 2.32. The van der Waals surface area contributed by atoms with E-state index in [1.54, 1.807) is 0 Å². The van der Waals surface area contributed by atoms with Gasteiger partial charge in [0.25, 0.3) is 0 Å². The van der Waals surface area contributed by atoms with Crippen LogP contribution in [0.2, 0.25) is 0 Å². The number of rotatable bonds is 7. The number of halogens is 1. The van der Waals surface area contributed by atoms with Crippen LogP contribution in [0.4, 0.5) is 0 Å². The van der Waals surface area contributed by atoms with Crippen LogP contribution in [-0.4, -0.2) is 77.0 Å². The molecular weight excluding hydrogens is 398 g/mol. The smallest absolute Gasteiger partial charge is 0.317 e. The van der Waals surface area contributed by atoms with Crippen LogP contribution in [0.1, 0.15) is 49.6 Å². The summed E-state index contributed by atoms with van der Waals surface area (Å²) in [6.45, 7) is 8.06. The minimum absolute atomic E-state index is 0. The summed E-state index contributed by atoms with van der Waals surface area (Å²) in [5, 5.41) is 11.2. The molecule has 0 aromatic carbocycles. The number of likely N-dealkylation sites (N-methyl/N-ethyl adjacent to an activating group) is 1. The van der Waals surface area contributed by atoms with Crippen molar-refractivity contribution >= 4 is 35.6 Å². The van der Waals surface area contributed by atoms with Crippen LogP contribution in [0, 0.1) is 0 Å². The van der Waals surface area contributed by atoms with Gasteiger partial charge in [-0.3, -0.25) is 19.4 Å². The van der Waals surface area contributed by atoms with Crippen LogP contribution in [0.15, 0.2) is 11.4 Å². The molecule has 0 radical (unpaired) electrons. The molecule has 1 unspecified atom stereocenters. The van der Waals surface area contributed by atoms with E-state index in [0.717, 1.165) is 51.9 Å². The number of carbonyl (C=O) groups excluding carboxylic acids is 1. The van der Waals surface area contributed by atoms with E-state index in [4.69, 9.17) is 5.11 Å². The molecule has 1 atom stereocenters. The second-order valence-electron chi connectivity index (χ2n) is 7.52. The fourth-order valence-corrected chi connectivity index (χ4v) is 5.46. The van der Waals surface area contributed by atoms with Crippen LogP contribution in [0.3, 0.4) is 0 Å². The zero-order valence-electron chi connectivity index (χ0n) is 16.8. The fourth-order valence-electron chi connectivity index (χ4n) is 4.53. The summed E-state index contributed by atoms with van der Waals surface area (Å²) in [6, 6.07) is 2.71. The summed E-state index contributed by atoms with van der Waals surface area (Å²) in [4.78, 5) is 31.8. The van der Waals surface area contributed by atoms with Crippen molar-refractivity contribution in [2.45, 2.75) is 51.6 Å². The van der Waals surface area contributed by atoms with Crippen molar-refractivity contribution in [1.29, 1.82) is 0 Å². The van der Waals surface area contributed by atoms with E-state index < -0.39 is 5.97 Å². The van der Waals surface area contributed by atoms with Gasteiger partial charge in [0.2, 0.25) is 5.91 Å². The fraction of sp³-hybridized carbons (Fsp3) is 0.700. The minimum atomic E-state index is -0.766. The quantitative estimate of drug-likeness (QED) is 0.722. The molecule has 2 aliphatic rings. The van der Waals surface area contributed by atoms with Crippen molar-refractivity contribution in [3.8, 4) is 0 Å². The maximum absolute atomic E-state index is 13.0. The van der Waals surface area contributed by atoms with E-state index in [0.29, 0.717) is 12.6 Å². The van der Waals surface area contributed by atoms with Crippen LogP contribution < -0.4 is 0 Å². The number of aliphatic carboxylic acids is 1. The summed E-state index contributed by atoms with van der Waals surface area (Å²) in [5.74, 6) is -0.534. The lowest BCUT2D eigenvalue weighted by Crippen LogP contribution is -2.50. The first kappa shape index (κ1) is 23.1. The highest BCUT2D eigenvalue weighted by molar-refractivity contribution is 7.10. The second kappa shape index (κ2) is 10.6. The van der Waals surface area contributed by atoms with E-state index in [9.17, 15) is 9.59 Å². The molecule has 2 aliphatic heterocycles. The lowest BCUT2D eigenvalue weighted by Gasteiger charge is -2.40. The SMILES string of the molecule is CCC1c2ccsc2CCN1C(=O)CN1CCC(N(CC)CC(=O)O)CC1.Cl. The van der Waals surface area contributed by atoms with Gasteiger partial charge in [-0.15, -0.1) is 23.7 Å². The zero-order chi connectivity index (χ0) is 19.4. The minimum Gasteiger partial charge on any atom is -0.480 e. The number of hydrogen-bond acceptors (Lipinski definition) is 5. The van der Waals surface area contributed by atoms with Gasteiger partial charge in [-0.2, -0.15) is 0 Å². The predicted octanol–water partition coefficient (Wildman–Crippen LogP) is 2.88. The maximum atomic E-state index is 13.0. The van der Waals surface area contributed by atoms with Crippen molar-refractivity contribution in [3.63, 3.8) is 0 Å². The standard InChI is InChI=1S/C20H31N3O3S.ClH/c1-3-17-16-8-12-27-18(16)7-11-23(17)19(24)13-21-9-5-15(6-10-21)22(4-2)14-20(25)26;/h8,12,15,17H,3-7,9-11,13-14H2,1-2H3,(H,25,26);1H. The third kappa shape index (κ3) is 5.26. The van der Waals surface area contributed by atoms with Crippen molar-refractivity contribution in [2.24, 2.45) is 0 Å². The highest BCUT2D eigenvalue weighted by atomic mass is 35.5. The van der Waals surface area contributed by atoms with Crippen LogP contribution in [-0.2, 0) is 16.0 Å². The van der Waals surface area contributed by atoms with Crippen molar-refractivity contribution in [1.82, 2.24) is 14.7 Å². The first-order valence-electron chi connectivity index (χ1n) is 10.1. The largest absolute Gasteiger partial charge is 0.480 e. The van der Waals surface area contributed by atoms with Crippen LogP contribution >= 0.6 is 23.7 Å². The first-order valence-corrected chi connectivity index (χ1v) is 10.9. The lowest BCUT2D eigenvalue weighted by atomic mass is 9.97. The predicted molar refractivity (Wildman–Crippen MR) is 114 cm³/mol. The van der Waals surface area contributed by atoms with Gasteiger partial charge in [0, 0.05) is 30.6 Å². The third-order valence-electron chi connectivity index (χ3n) is 5.98. The number of thiophene rings is 1. The molecule has 3 rings (SSSR count). The Bertz CT molecular complexity index is 661. The Labute approximate surface area is 177 Å². The number of piperidine rings is 1. The molecule has 8 heteroatoms. The van der Waals surface area contributed by atoms with E-state index in [-0.39, 0.29) is 30.9 Å². The number of carboxylic acid groups (broad SMARTS) is 1. The topological polar surface area (TPSA) is 64.1 Å². The molecule has 1 aromatic rings. The Kier molecular flexibility index (Phi) is 8.74. The number of nitrogens with zero attached hydrogens (tertiary/aromatic N) is 3. The molecule has 6 nitrogen and oxygen atoms in total. The Balaban J connectivity index is 0.00000280. The number of hydrogen-bond donors (Lipinski definition) is 1. The number of fused-ring (bicyclic) bond motifs is 1. The Morgan fingerprint density at radius 1 is 1.25 bits per heavy atom. The lowest BCUT2D eigenvalue weighted by molar-refractivity contribution is -0.139. The molecule has 1 saturated heterocycles. The summed E-state index contributed by atoms with van der Waals surface area (Å²) in [5.41, 5.74) is 1.34. The second-order valence-corrected chi connectivity index (χ2v) is 8.53. The average Bonchev–Trinajstić information content (AvgIpc) is 3.14. The van der Waals surface area contributed by atoms with Crippen molar-refractivity contribution < 1.29 is 14.7 Å². The molecule has 1 N–H and O–H groups in total. The molecule has 0 spiro atoms. The van der Waals surface area contributed by atoms with Gasteiger partial charge in [0.05, 0.1) is 19.1 Å². The average molecular weight is 430 g/mol. The molecule has 0 aliphatic carbocycles. The van der Waals surface area contributed by atoms with Crippen molar-refractivity contribution in [3.05, 3.63) is 21.9 Å². The molecule has 1 amide bonds. The molecule has 1 fully saturated rings. The van der Waals surface area contributed by atoms with Gasteiger partial charge >= 0.3 is 5.97 Å². The van der Waals surface area contributed by atoms with E-state index in [2.05, 4.69) is 28.2 Å². The Hall–Kier alpha value is -1.15.